The number of hydrogen-bond acceptors (Lipinski definition) is 4. The van der Waals surface area contributed by atoms with Crippen LogP contribution in [0.25, 0.3) is 0 Å². The van der Waals surface area contributed by atoms with E-state index < -0.39 is 0 Å². The van der Waals surface area contributed by atoms with Crippen LogP contribution in [-0.2, 0) is 11.3 Å². The fourth-order valence-electron chi connectivity index (χ4n) is 2.48. The molecule has 5 nitrogen and oxygen atoms in total. The Balaban J connectivity index is 2.15. The van der Waals surface area contributed by atoms with E-state index in [1.54, 1.807) is 0 Å². The van der Waals surface area contributed by atoms with E-state index in [1.807, 2.05) is 6.92 Å². The minimum absolute atomic E-state index is 0.124. The molecule has 18 heavy (non-hydrogen) atoms. The molecule has 5 heteroatoms. The number of ether oxygens (including phenoxy) is 1. The fraction of sp³-hybridized carbons (Fsp3) is 0.692. The molecule has 0 amide bonds. The summed E-state index contributed by atoms with van der Waals surface area (Å²) in [4.78, 5) is 18.7. The van der Waals surface area contributed by atoms with Gasteiger partial charge in [0.15, 0.2) is 0 Å². The van der Waals surface area contributed by atoms with Crippen molar-refractivity contribution in [2.75, 3.05) is 6.61 Å². The van der Waals surface area contributed by atoms with Crippen molar-refractivity contribution in [1.82, 2.24) is 9.97 Å². The Labute approximate surface area is 106 Å². The summed E-state index contributed by atoms with van der Waals surface area (Å²) in [6.45, 7) is 2.87. The van der Waals surface area contributed by atoms with Gasteiger partial charge in [-0.25, -0.2) is 0 Å². The van der Waals surface area contributed by atoms with Crippen molar-refractivity contribution in [3.8, 4) is 5.88 Å². The molecule has 2 rings (SSSR count). The predicted molar refractivity (Wildman–Crippen MR) is 67.7 cm³/mol. The topological polar surface area (TPSA) is 75.2 Å². The highest BCUT2D eigenvalue weighted by Gasteiger charge is 2.24. The van der Waals surface area contributed by atoms with E-state index in [0.717, 1.165) is 32.1 Å². The van der Waals surface area contributed by atoms with Crippen LogP contribution in [0.2, 0.25) is 0 Å². The van der Waals surface area contributed by atoms with Crippen LogP contribution in [0.5, 0.6) is 5.88 Å². The molecule has 1 aliphatic carbocycles. The van der Waals surface area contributed by atoms with Crippen LogP contribution in [0.1, 0.15) is 56.3 Å². The molecule has 1 aromatic rings. The highest BCUT2D eigenvalue weighted by atomic mass is 16.5. The summed E-state index contributed by atoms with van der Waals surface area (Å²) in [6.07, 6.45) is 5.07. The first kappa shape index (κ1) is 13.1. The molecule has 0 atom stereocenters. The molecule has 0 unspecified atom stereocenters. The van der Waals surface area contributed by atoms with Gasteiger partial charge in [0.1, 0.15) is 12.4 Å². The first-order chi connectivity index (χ1) is 8.72. The average Bonchev–Trinajstić information content (AvgIpc) is 2.82. The number of aromatic hydroxyl groups is 1. The van der Waals surface area contributed by atoms with Gasteiger partial charge in [-0.2, -0.15) is 4.98 Å². The predicted octanol–water partition coefficient (Wildman–Crippen LogP) is 2.06. The summed E-state index contributed by atoms with van der Waals surface area (Å²) in [7, 11) is 0. The molecule has 0 aliphatic heterocycles. The summed E-state index contributed by atoms with van der Waals surface area (Å²) >= 11 is 0. The molecule has 1 fully saturated rings. The van der Waals surface area contributed by atoms with Crippen LogP contribution in [0.3, 0.4) is 0 Å². The number of aromatic amines is 1. The van der Waals surface area contributed by atoms with E-state index >= 15 is 0 Å². The third-order valence-electron chi connectivity index (χ3n) is 3.33. The molecule has 1 saturated carbocycles. The monoisotopic (exact) mass is 252 g/mol. The number of nitrogens with zero attached hydrogens (tertiary/aromatic N) is 1. The van der Waals surface area contributed by atoms with Crippen molar-refractivity contribution >= 4 is 0 Å². The van der Waals surface area contributed by atoms with Gasteiger partial charge in [-0.15, -0.1) is 0 Å². The van der Waals surface area contributed by atoms with Gasteiger partial charge in [0.25, 0.3) is 5.56 Å². The van der Waals surface area contributed by atoms with Crippen molar-refractivity contribution in [3.05, 3.63) is 21.7 Å². The lowest BCUT2D eigenvalue weighted by Crippen LogP contribution is -2.19. The molecule has 0 radical (unpaired) electrons. The molecule has 0 saturated heterocycles. The Morgan fingerprint density at radius 1 is 1.44 bits per heavy atom. The van der Waals surface area contributed by atoms with E-state index in [1.165, 1.54) is 0 Å². The minimum Gasteiger partial charge on any atom is -0.493 e. The van der Waals surface area contributed by atoms with Crippen LogP contribution in [0.15, 0.2) is 4.79 Å². The summed E-state index contributed by atoms with van der Waals surface area (Å²) in [6, 6.07) is 0. The first-order valence-corrected chi connectivity index (χ1v) is 6.62. The molecule has 0 spiro atoms. The van der Waals surface area contributed by atoms with Crippen molar-refractivity contribution in [3.63, 3.8) is 0 Å². The van der Waals surface area contributed by atoms with Crippen molar-refractivity contribution < 1.29 is 9.84 Å². The van der Waals surface area contributed by atoms with Crippen LogP contribution >= 0.6 is 0 Å². The second kappa shape index (κ2) is 6.00. The van der Waals surface area contributed by atoms with E-state index in [2.05, 4.69) is 9.97 Å². The molecule has 0 bridgehead atoms. The fourth-order valence-corrected chi connectivity index (χ4v) is 2.48. The third-order valence-corrected chi connectivity index (χ3v) is 3.33. The van der Waals surface area contributed by atoms with Crippen molar-refractivity contribution in [2.45, 2.75) is 51.6 Å². The van der Waals surface area contributed by atoms with Gasteiger partial charge in [0, 0.05) is 6.61 Å². The number of hydrogen-bond donors (Lipinski definition) is 2. The van der Waals surface area contributed by atoms with E-state index in [0.29, 0.717) is 18.0 Å². The Morgan fingerprint density at radius 2 is 2.17 bits per heavy atom. The summed E-state index contributed by atoms with van der Waals surface area (Å²) in [5, 5.41) is 9.90. The molecule has 1 aliphatic rings. The molecular weight excluding hydrogens is 232 g/mol. The second-order valence-electron chi connectivity index (χ2n) is 4.78. The summed E-state index contributed by atoms with van der Waals surface area (Å²) in [5.41, 5.74) is 0.233. The van der Waals surface area contributed by atoms with E-state index in [-0.39, 0.29) is 24.0 Å². The van der Waals surface area contributed by atoms with Gasteiger partial charge < -0.3 is 14.8 Å². The lowest BCUT2D eigenvalue weighted by Gasteiger charge is -2.11. The van der Waals surface area contributed by atoms with Crippen LogP contribution in [0, 0.1) is 0 Å². The second-order valence-corrected chi connectivity index (χ2v) is 4.78. The largest absolute Gasteiger partial charge is 0.493 e. The molecule has 1 aromatic heterocycles. The first-order valence-electron chi connectivity index (χ1n) is 6.62. The molecular formula is C13H20N2O3. The number of aromatic nitrogens is 2. The summed E-state index contributed by atoms with van der Waals surface area (Å²) in [5.74, 6) is 0.431. The van der Waals surface area contributed by atoms with Gasteiger partial charge in [-0.3, -0.25) is 4.79 Å². The molecule has 1 heterocycles. The maximum Gasteiger partial charge on any atom is 0.258 e. The van der Waals surface area contributed by atoms with Gasteiger partial charge in [0.05, 0.1) is 5.56 Å². The average molecular weight is 252 g/mol. The number of nitrogens with one attached hydrogen (secondary N) is 1. The Bertz CT molecular complexity index is 450. The Morgan fingerprint density at radius 3 is 2.78 bits per heavy atom. The highest BCUT2D eigenvalue weighted by molar-refractivity contribution is 5.27. The lowest BCUT2D eigenvalue weighted by molar-refractivity contribution is 0.115. The van der Waals surface area contributed by atoms with Crippen LogP contribution in [0.4, 0.5) is 0 Å². The summed E-state index contributed by atoms with van der Waals surface area (Å²) < 4.78 is 5.30. The number of H-pyrrole nitrogens is 1. The van der Waals surface area contributed by atoms with E-state index in [4.69, 9.17) is 4.74 Å². The maximum absolute atomic E-state index is 12.0. The Hall–Kier alpha value is -1.36. The number of rotatable bonds is 5. The van der Waals surface area contributed by atoms with E-state index in [9.17, 15) is 9.90 Å². The quantitative estimate of drug-likeness (QED) is 0.786. The lowest BCUT2D eigenvalue weighted by atomic mass is 10.00. The standard InChI is InChI=1S/C13H20N2O3/c1-2-7-18-8-10-14-12(16)11(13(17)15-10)9-5-3-4-6-9/h9H,2-8H2,1H3,(H2,14,15,16,17). The van der Waals surface area contributed by atoms with Gasteiger partial charge in [0.2, 0.25) is 5.88 Å². The molecule has 2 N–H and O–H groups in total. The highest BCUT2D eigenvalue weighted by Crippen LogP contribution is 2.35. The van der Waals surface area contributed by atoms with Gasteiger partial charge >= 0.3 is 0 Å². The smallest absolute Gasteiger partial charge is 0.258 e. The minimum atomic E-state index is -0.218. The molecule has 0 aromatic carbocycles. The van der Waals surface area contributed by atoms with Crippen LogP contribution < -0.4 is 5.56 Å². The zero-order valence-electron chi connectivity index (χ0n) is 10.7. The maximum atomic E-state index is 12.0. The SMILES string of the molecule is CCCOCc1nc(O)c(C2CCCC2)c(=O)[nH]1. The zero-order chi connectivity index (χ0) is 13.0. The normalized spacial score (nSPS) is 16.3. The van der Waals surface area contributed by atoms with Gasteiger partial charge in [-0.1, -0.05) is 19.8 Å². The van der Waals surface area contributed by atoms with Crippen molar-refractivity contribution in [2.24, 2.45) is 0 Å². The third kappa shape index (κ3) is 2.90. The van der Waals surface area contributed by atoms with Crippen LogP contribution in [-0.4, -0.2) is 21.7 Å². The molecule has 100 valence electrons. The Kier molecular flexibility index (Phi) is 4.36. The van der Waals surface area contributed by atoms with Crippen molar-refractivity contribution in [1.29, 1.82) is 0 Å². The van der Waals surface area contributed by atoms with Gasteiger partial charge in [-0.05, 0) is 25.2 Å². The zero-order valence-corrected chi connectivity index (χ0v) is 10.7.